The Labute approximate surface area is 172 Å². The third-order valence-corrected chi connectivity index (χ3v) is 4.10. The van der Waals surface area contributed by atoms with Crippen molar-refractivity contribution < 1.29 is 23.8 Å². The van der Waals surface area contributed by atoms with Crippen LogP contribution in [0.15, 0.2) is 54.6 Å². The Morgan fingerprint density at radius 3 is 2.14 bits per heavy atom. The summed E-state index contributed by atoms with van der Waals surface area (Å²) in [6.07, 6.45) is 0.793. The third kappa shape index (κ3) is 7.86. The van der Waals surface area contributed by atoms with Crippen LogP contribution in [0.25, 0.3) is 0 Å². The molecule has 1 amide bonds. The molecule has 0 saturated heterocycles. The molecule has 0 spiro atoms. The molecule has 0 aliphatic carbocycles. The average Bonchev–Trinajstić information content (AvgIpc) is 2.71. The molecule has 2 aromatic carbocycles. The summed E-state index contributed by atoms with van der Waals surface area (Å²) < 4.78 is 15.9. The number of benzene rings is 2. The van der Waals surface area contributed by atoms with Crippen molar-refractivity contribution >= 4 is 11.9 Å². The van der Waals surface area contributed by atoms with Crippen LogP contribution in [0.3, 0.4) is 0 Å². The molecule has 0 aliphatic heterocycles. The second-order valence-corrected chi connectivity index (χ2v) is 6.99. The van der Waals surface area contributed by atoms with Gasteiger partial charge in [0.1, 0.15) is 0 Å². The minimum absolute atomic E-state index is 0.128. The number of amides is 1. The Balaban J connectivity index is 1.82. The summed E-state index contributed by atoms with van der Waals surface area (Å²) in [6, 6.07) is 16.7. The van der Waals surface area contributed by atoms with Gasteiger partial charge in [-0.25, -0.2) is 4.79 Å². The van der Waals surface area contributed by atoms with Gasteiger partial charge in [-0.2, -0.15) is 0 Å². The zero-order valence-corrected chi connectivity index (χ0v) is 17.2. The molecular weight excluding hydrogens is 370 g/mol. The fraction of sp³-hybridized carbons (Fsp3) is 0.391. The Morgan fingerprint density at radius 1 is 0.897 bits per heavy atom. The highest BCUT2D eigenvalue weighted by Crippen LogP contribution is 2.26. The molecule has 6 nitrogen and oxygen atoms in total. The Morgan fingerprint density at radius 2 is 1.52 bits per heavy atom. The van der Waals surface area contributed by atoms with Crippen molar-refractivity contribution in [2.45, 2.75) is 33.2 Å². The van der Waals surface area contributed by atoms with Crippen LogP contribution in [-0.4, -0.2) is 31.7 Å². The minimum atomic E-state index is -0.619. The number of esters is 1. The van der Waals surface area contributed by atoms with Crippen LogP contribution in [0.2, 0.25) is 0 Å². The Bertz CT molecular complexity index is 776. The fourth-order valence-corrected chi connectivity index (χ4v) is 2.84. The predicted octanol–water partition coefficient (Wildman–Crippen LogP) is 3.91. The Kier molecular flexibility index (Phi) is 9.02. The van der Waals surface area contributed by atoms with Gasteiger partial charge in [-0.15, -0.1) is 0 Å². The van der Waals surface area contributed by atoms with E-state index in [2.05, 4.69) is 19.2 Å². The Hall–Kier alpha value is -3.02. The molecule has 156 valence electrons. The first-order valence-electron chi connectivity index (χ1n) is 9.84. The molecule has 0 radical (unpaired) electrons. The van der Waals surface area contributed by atoms with Gasteiger partial charge in [0, 0.05) is 0 Å². The lowest BCUT2D eigenvalue weighted by molar-refractivity contribution is -0.150. The summed E-state index contributed by atoms with van der Waals surface area (Å²) in [6.45, 7) is 5.90. The van der Waals surface area contributed by atoms with Gasteiger partial charge in [-0.3, -0.25) is 4.79 Å². The summed E-state index contributed by atoms with van der Waals surface area (Å²) in [4.78, 5) is 24.2. The molecule has 1 N–H and O–H groups in total. The number of nitrogens with one attached hydrogen (secondary N) is 1. The molecule has 1 atom stereocenters. The van der Waals surface area contributed by atoms with Crippen LogP contribution in [0.5, 0.6) is 11.5 Å². The van der Waals surface area contributed by atoms with E-state index in [9.17, 15) is 9.59 Å². The summed E-state index contributed by atoms with van der Waals surface area (Å²) in [5.74, 6) is 0.452. The van der Waals surface area contributed by atoms with Crippen molar-refractivity contribution in [3.8, 4) is 11.5 Å². The maximum absolute atomic E-state index is 12.3. The number of carbonyl (C=O) groups is 2. The van der Waals surface area contributed by atoms with Crippen molar-refractivity contribution in [2.24, 2.45) is 5.92 Å². The second kappa shape index (κ2) is 11.7. The monoisotopic (exact) mass is 399 g/mol. The van der Waals surface area contributed by atoms with Crippen LogP contribution in [0.4, 0.5) is 0 Å². The standard InChI is InChI=1S/C23H29NO5/c1-4-27-20-12-8-9-13-21(20)28-16-23(26)29-15-22(25)24-19(14-17(2)3)18-10-6-5-7-11-18/h5-13,17,19H,4,14-16H2,1-3H3,(H,24,25). The molecule has 2 rings (SSSR count). The van der Waals surface area contributed by atoms with E-state index in [0.717, 1.165) is 12.0 Å². The number of para-hydroxylation sites is 2. The molecule has 6 heteroatoms. The quantitative estimate of drug-likeness (QED) is 0.580. The van der Waals surface area contributed by atoms with Gasteiger partial charge in [-0.1, -0.05) is 56.3 Å². The van der Waals surface area contributed by atoms with Gasteiger partial charge in [0.2, 0.25) is 0 Å². The zero-order valence-electron chi connectivity index (χ0n) is 17.2. The van der Waals surface area contributed by atoms with Gasteiger partial charge in [-0.05, 0) is 37.0 Å². The smallest absolute Gasteiger partial charge is 0.344 e. The second-order valence-electron chi connectivity index (χ2n) is 6.99. The topological polar surface area (TPSA) is 73.9 Å². The van der Waals surface area contributed by atoms with Gasteiger partial charge in [0.05, 0.1) is 12.6 Å². The molecular formula is C23H29NO5. The van der Waals surface area contributed by atoms with Crippen LogP contribution in [-0.2, 0) is 14.3 Å². The van der Waals surface area contributed by atoms with E-state index in [0.29, 0.717) is 24.0 Å². The minimum Gasteiger partial charge on any atom is -0.490 e. The summed E-state index contributed by atoms with van der Waals surface area (Å²) in [5.41, 5.74) is 1.02. The first-order valence-corrected chi connectivity index (χ1v) is 9.84. The van der Waals surface area contributed by atoms with Gasteiger partial charge in [0.15, 0.2) is 24.7 Å². The zero-order chi connectivity index (χ0) is 21.1. The lowest BCUT2D eigenvalue weighted by atomic mass is 9.97. The SMILES string of the molecule is CCOc1ccccc1OCC(=O)OCC(=O)NC(CC(C)C)c1ccccc1. The van der Waals surface area contributed by atoms with Crippen LogP contribution >= 0.6 is 0 Å². The van der Waals surface area contributed by atoms with Crippen molar-refractivity contribution in [1.29, 1.82) is 0 Å². The van der Waals surface area contributed by atoms with Gasteiger partial charge in [0.25, 0.3) is 5.91 Å². The van der Waals surface area contributed by atoms with E-state index in [1.54, 1.807) is 18.2 Å². The van der Waals surface area contributed by atoms with Crippen LogP contribution < -0.4 is 14.8 Å². The normalized spacial score (nSPS) is 11.6. The molecule has 0 aromatic heterocycles. The summed E-state index contributed by atoms with van der Waals surface area (Å²) >= 11 is 0. The molecule has 0 aliphatic rings. The van der Waals surface area contributed by atoms with Gasteiger partial charge >= 0.3 is 5.97 Å². The maximum Gasteiger partial charge on any atom is 0.344 e. The van der Waals surface area contributed by atoms with E-state index in [4.69, 9.17) is 14.2 Å². The molecule has 0 bridgehead atoms. The van der Waals surface area contributed by atoms with Crippen molar-refractivity contribution in [3.63, 3.8) is 0 Å². The van der Waals surface area contributed by atoms with Crippen molar-refractivity contribution in [1.82, 2.24) is 5.32 Å². The van der Waals surface area contributed by atoms with E-state index in [-0.39, 0.29) is 25.2 Å². The molecule has 1 unspecified atom stereocenters. The lowest BCUT2D eigenvalue weighted by Crippen LogP contribution is -2.33. The lowest BCUT2D eigenvalue weighted by Gasteiger charge is -2.21. The number of ether oxygens (including phenoxy) is 3. The highest BCUT2D eigenvalue weighted by Gasteiger charge is 2.17. The van der Waals surface area contributed by atoms with Crippen molar-refractivity contribution in [3.05, 3.63) is 60.2 Å². The number of hydrogen-bond acceptors (Lipinski definition) is 5. The molecule has 29 heavy (non-hydrogen) atoms. The van der Waals surface area contributed by atoms with Crippen LogP contribution in [0.1, 0.15) is 38.8 Å². The van der Waals surface area contributed by atoms with E-state index < -0.39 is 5.97 Å². The van der Waals surface area contributed by atoms with Crippen LogP contribution in [0, 0.1) is 5.92 Å². The summed E-state index contributed by atoms with van der Waals surface area (Å²) in [7, 11) is 0. The third-order valence-electron chi connectivity index (χ3n) is 4.10. The van der Waals surface area contributed by atoms with E-state index in [1.165, 1.54) is 0 Å². The van der Waals surface area contributed by atoms with E-state index in [1.807, 2.05) is 43.3 Å². The van der Waals surface area contributed by atoms with Gasteiger partial charge < -0.3 is 19.5 Å². The number of hydrogen-bond donors (Lipinski definition) is 1. The molecule has 0 heterocycles. The van der Waals surface area contributed by atoms with E-state index >= 15 is 0 Å². The first-order chi connectivity index (χ1) is 14.0. The average molecular weight is 399 g/mol. The highest BCUT2D eigenvalue weighted by molar-refractivity contribution is 5.81. The molecule has 0 fully saturated rings. The number of carbonyl (C=O) groups excluding carboxylic acids is 2. The fourth-order valence-electron chi connectivity index (χ4n) is 2.84. The first kappa shape index (κ1) is 22.3. The largest absolute Gasteiger partial charge is 0.490 e. The summed E-state index contributed by atoms with van der Waals surface area (Å²) in [5, 5.41) is 2.94. The number of rotatable bonds is 11. The van der Waals surface area contributed by atoms with Crippen molar-refractivity contribution in [2.75, 3.05) is 19.8 Å². The molecule has 2 aromatic rings. The molecule has 0 saturated carbocycles. The predicted molar refractivity (Wildman–Crippen MR) is 111 cm³/mol. The highest BCUT2D eigenvalue weighted by atomic mass is 16.6. The maximum atomic E-state index is 12.3.